The molecule has 0 bridgehead atoms. The average molecular weight is 450 g/mol. The van der Waals surface area contributed by atoms with Gasteiger partial charge in [0.05, 0.1) is 13.0 Å². The first kappa shape index (κ1) is 28.7. The zero-order chi connectivity index (χ0) is 23.5. The van der Waals surface area contributed by atoms with Crippen LogP contribution < -0.4 is 10.1 Å². The van der Waals surface area contributed by atoms with Crippen molar-refractivity contribution in [2.24, 2.45) is 0 Å². The van der Waals surface area contributed by atoms with Crippen molar-refractivity contribution in [2.75, 3.05) is 19.7 Å². The van der Waals surface area contributed by atoms with Crippen LogP contribution >= 0.6 is 0 Å². The first-order chi connectivity index (χ1) is 14.7. The molecule has 1 aromatic rings. The Kier molecular flexibility index (Phi) is 16.1. The number of carboxylic acid groups (broad SMARTS) is 2. The maximum Gasteiger partial charge on any atom is 0.490 e. The highest BCUT2D eigenvalue weighted by atomic mass is 19.4. The Hall–Kier alpha value is -2.29. The highest BCUT2D eigenvalue weighted by molar-refractivity contribution is 5.73. The van der Waals surface area contributed by atoms with Crippen LogP contribution in [0.4, 0.5) is 13.2 Å². The van der Waals surface area contributed by atoms with Gasteiger partial charge in [-0.25, -0.2) is 4.79 Å². The highest BCUT2D eigenvalue weighted by Crippen LogP contribution is 2.14. The van der Waals surface area contributed by atoms with E-state index in [1.165, 1.54) is 44.1 Å². The summed E-state index contributed by atoms with van der Waals surface area (Å²) >= 11 is 0. The molecule has 0 aliphatic carbocycles. The zero-order valence-electron chi connectivity index (χ0n) is 18.0. The van der Waals surface area contributed by atoms with Crippen LogP contribution in [-0.4, -0.2) is 48.0 Å². The lowest BCUT2D eigenvalue weighted by molar-refractivity contribution is -0.192. The molecule has 0 amide bonds. The number of nitrogens with one attached hydrogen (secondary N) is 1. The monoisotopic (exact) mass is 449 g/mol. The molecule has 178 valence electrons. The number of rotatable bonds is 15. The Morgan fingerprint density at radius 3 is 2.00 bits per heavy atom. The third-order valence-corrected chi connectivity index (χ3v) is 4.29. The van der Waals surface area contributed by atoms with Gasteiger partial charge in [0.15, 0.2) is 0 Å². The van der Waals surface area contributed by atoms with E-state index in [1.54, 1.807) is 0 Å². The number of hydrogen-bond donors (Lipinski definition) is 3. The number of alkyl halides is 3. The third-order valence-electron chi connectivity index (χ3n) is 4.29. The summed E-state index contributed by atoms with van der Waals surface area (Å²) in [5.41, 5.74) is 1.24. The van der Waals surface area contributed by atoms with Gasteiger partial charge in [-0.1, -0.05) is 57.6 Å². The van der Waals surface area contributed by atoms with Gasteiger partial charge in [0.25, 0.3) is 0 Å². The largest absolute Gasteiger partial charge is 0.494 e. The summed E-state index contributed by atoms with van der Waals surface area (Å²) in [6.45, 7) is 4.36. The van der Waals surface area contributed by atoms with Crippen LogP contribution in [-0.2, 0) is 16.0 Å². The molecule has 0 atom stereocenters. The van der Waals surface area contributed by atoms with E-state index in [-0.39, 0.29) is 6.42 Å². The predicted molar refractivity (Wildman–Crippen MR) is 112 cm³/mol. The molecule has 0 aromatic heterocycles. The summed E-state index contributed by atoms with van der Waals surface area (Å²) in [5, 5.41) is 18.8. The molecule has 0 saturated heterocycles. The second-order valence-corrected chi connectivity index (χ2v) is 7.06. The van der Waals surface area contributed by atoms with Crippen molar-refractivity contribution >= 4 is 11.9 Å². The third kappa shape index (κ3) is 18.2. The number of carboxylic acids is 2. The van der Waals surface area contributed by atoms with Crippen LogP contribution in [0, 0.1) is 0 Å². The van der Waals surface area contributed by atoms with Crippen molar-refractivity contribution in [1.82, 2.24) is 5.32 Å². The molecule has 9 heteroatoms. The van der Waals surface area contributed by atoms with Crippen molar-refractivity contribution in [2.45, 2.75) is 70.9 Å². The van der Waals surface area contributed by atoms with Crippen LogP contribution in [0.5, 0.6) is 5.75 Å². The lowest BCUT2D eigenvalue weighted by Crippen LogP contribution is -2.21. The molecule has 0 spiro atoms. The molecule has 1 rings (SSSR count). The summed E-state index contributed by atoms with van der Waals surface area (Å²) in [7, 11) is 0. The van der Waals surface area contributed by atoms with Gasteiger partial charge in [0.1, 0.15) is 5.75 Å². The Bertz CT molecular complexity index is 606. The molecule has 3 N–H and O–H groups in total. The second kappa shape index (κ2) is 17.4. The number of unbranched alkanes of at least 4 members (excludes halogenated alkanes) is 6. The molecule has 0 fully saturated rings. The number of ether oxygens (including phenoxy) is 1. The predicted octanol–water partition coefficient (Wildman–Crippen LogP) is 5.06. The average Bonchev–Trinajstić information content (AvgIpc) is 2.70. The lowest BCUT2D eigenvalue weighted by Gasteiger charge is -2.08. The molecule has 0 aliphatic rings. The molecule has 0 unspecified atom stereocenters. The van der Waals surface area contributed by atoms with Gasteiger partial charge in [-0.05, 0) is 37.1 Å². The minimum Gasteiger partial charge on any atom is -0.494 e. The summed E-state index contributed by atoms with van der Waals surface area (Å²) in [4.78, 5) is 19.3. The van der Waals surface area contributed by atoms with Gasteiger partial charge >= 0.3 is 18.1 Å². The fourth-order valence-electron chi connectivity index (χ4n) is 2.55. The van der Waals surface area contributed by atoms with E-state index in [0.29, 0.717) is 6.54 Å². The van der Waals surface area contributed by atoms with Gasteiger partial charge in [-0.2, -0.15) is 13.2 Å². The van der Waals surface area contributed by atoms with Crippen molar-refractivity contribution in [3.8, 4) is 5.75 Å². The van der Waals surface area contributed by atoms with Gasteiger partial charge in [0.2, 0.25) is 0 Å². The van der Waals surface area contributed by atoms with Crippen molar-refractivity contribution < 1.29 is 37.7 Å². The topological polar surface area (TPSA) is 95.9 Å². The van der Waals surface area contributed by atoms with Gasteiger partial charge in [0, 0.05) is 6.54 Å². The van der Waals surface area contributed by atoms with E-state index < -0.39 is 18.1 Å². The van der Waals surface area contributed by atoms with Crippen LogP contribution in [0.25, 0.3) is 0 Å². The SMILES string of the molecule is CCCCCCCCCOc1ccc(CCNCCC(=O)O)cc1.O=C(O)C(F)(F)F. The summed E-state index contributed by atoms with van der Waals surface area (Å²) in [6.07, 6.45) is 5.06. The fourth-order valence-corrected chi connectivity index (χ4v) is 2.55. The Morgan fingerprint density at radius 1 is 0.935 bits per heavy atom. The zero-order valence-corrected chi connectivity index (χ0v) is 18.0. The first-order valence-electron chi connectivity index (χ1n) is 10.6. The maximum atomic E-state index is 10.6. The Labute approximate surface area is 181 Å². The molecular weight excluding hydrogens is 415 g/mol. The minimum atomic E-state index is -5.08. The molecule has 0 heterocycles. The molecular formula is C22H34F3NO5. The Balaban J connectivity index is 0.00000110. The van der Waals surface area contributed by atoms with E-state index in [4.69, 9.17) is 19.7 Å². The standard InChI is InChI=1S/C20H33NO3.C2HF3O2/c1-2-3-4-5-6-7-8-17-24-19-11-9-18(10-12-19)13-15-21-16-14-20(22)23;3-2(4,5)1(6)7/h9-12,21H,2-8,13-17H2,1H3,(H,22,23);(H,6,7). The second-order valence-electron chi connectivity index (χ2n) is 7.06. The first-order valence-corrected chi connectivity index (χ1v) is 10.6. The van der Waals surface area contributed by atoms with Crippen molar-refractivity contribution in [3.05, 3.63) is 29.8 Å². The quantitative estimate of drug-likeness (QED) is 0.324. The van der Waals surface area contributed by atoms with E-state index in [0.717, 1.165) is 31.7 Å². The highest BCUT2D eigenvalue weighted by Gasteiger charge is 2.38. The maximum absolute atomic E-state index is 10.6. The molecule has 0 saturated carbocycles. The summed E-state index contributed by atoms with van der Waals surface area (Å²) in [5.74, 6) is -2.58. The van der Waals surface area contributed by atoms with Crippen LogP contribution in [0.2, 0.25) is 0 Å². The lowest BCUT2D eigenvalue weighted by atomic mass is 10.1. The van der Waals surface area contributed by atoms with E-state index in [2.05, 4.69) is 24.4 Å². The molecule has 0 radical (unpaired) electrons. The number of benzene rings is 1. The van der Waals surface area contributed by atoms with Crippen molar-refractivity contribution in [1.29, 1.82) is 0 Å². The van der Waals surface area contributed by atoms with Crippen LogP contribution in [0.15, 0.2) is 24.3 Å². The van der Waals surface area contributed by atoms with E-state index >= 15 is 0 Å². The molecule has 0 aliphatic heterocycles. The summed E-state index contributed by atoms with van der Waals surface area (Å²) in [6, 6.07) is 8.21. The van der Waals surface area contributed by atoms with E-state index in [1.807, 2.05) is 12.1 Å². The molecule has 1 aromatic carbocycles. The van der Waals surface area contributed by atoms with Crippen LogP contribution in [0.1, 0.15) is 63.9 Å². The number of aliphatic carboxylic acids is 2. The number of hydrogen-bond acceptors (Lipinski definition) is 4. The Morgan fingerprint density at radius 2 is 1.48 bits per heavy atom. The summed E-state index contributed by atoms with van der Waals surface area (Å²) < 4.78 is 37.5. The normalized spacial score (nSPS) is 10.8. The number of halogens is 3. The molecule has 6 nitrogen and oxygen atoms in total. The fraction of sp³-hybridized carbons (Fsp3) is 0.636. The van der Waals surface area contributed by atoms with Gasteiger partial charge in [-0.3, -0.25) is 4.79 Å². The minimum absolute atomic E-state index is 0.172. The number of carbonyl (C=O) groups is 2. The van der Waals surface area contributed by atoms with Gasteiger partial charge in [-0.15, -0.1) is 0 Å². The molecule has 31 heavy (non-hydrogen) atoms. The van der Waals surface area contributed by atoms with Gasteiger partial charge < -0.3 is 20.3 Å². The van der Waals surface area contributed by atoms with E-state index in [9.17, 15) is 18.0 Å². The smallest absolute Gasteiger partial charge is 0.490 e. The van der Waals surface area contributed by atoms with Crippen molar-refractivity contribution in [3.63, 3.8) is 0 Å². The van der Waals surface area contributed by atoms with Crippen LogP contribution in [0.3, 0.4) is 0 Å².